The molecule has 0 unspecified atom stereocenters. The maximum absolute atomic E-state index is 9.18. The highest BCUT2D eigenvalue weighted by Crippen LogP contribution is 2.57. The normalized spacial score (nSPS) is 39.4. The summed E-state index contributed by atoms with van der Waals surface area (Å²) in [5.74, 6) is 4.88. The summed E-state index contributed by atoms with van der Waals surface area (Å²) in [5.41, 5.74) is 7.28. The molecule has 4 heteroatoms. The van der Waals surface area contributed by atoms with Crippen LogP contribution in [-0.4, -0.2) is 10.2 Å². The lowest BCUT2D eigenvalue weighted by Crippen LogP contribution is -2.45. The summed E-state index contributed by atoms with van der Waals surface area (Å²) >= 11 is 0. The molecular formula is C15H20N4. The zero-order valence-electron chi connectivity index (χ0n) is 11.1. The largest absolute Gasteiger partial charge is 0.381 e. The van der Waals surface area contributed by atoms with Gasteiger partial charge in [0.2, 0.25) is 0 Å². The molecule has 4 nitrogen and oxygen atoms in total. The van der Waals surface area contributed by atoms with Gasteiger partial charge in [-0.2, -0.15) is 10.4 Å². The SMILES string of the molecule is N#Cc1c(N)n[nH]c1CC1C2CC3CC(C2)CC1C3. The summed E-state index contributed by atoms with van der Waals surface area (Å²) in [7, 11) is 0. The van der Waals surface area contributed by atoms with E-state index in [4.69, 9.17) is 5.73 Å². The Bertz CT molecular complexity index is 511. The Balaban J connectivity index is 1.59. The van der Waals surface area contributed by atoms with E-state index in [1.54, 1.807) is 0 Å². The Kier molecular flexibility index (Phi) is 2.38. The number of hydrogen-bond donors (Lipinski definition) is 2. The topological polar surface area (TPSA) is 78.5 Å². The molecule has 0 aromatic carbocycles. The molecule has 4 saturated carbocycles. The number of rotatable bonds is 2. The van der Waals surface area contributed by atoms with Gasteiger partial charge in [-0.15, -0.1) is 0 Å². The Morgan fingerprint density at radius 2 is 1.79 bits per heavy atom. The molecule has 4 aliphatic carbocycles. The summed E-state index contributed by atoms with van der Waals surface area (Å²) in [4.78, 5) is 0. The van der Waals surface area contributed by atoms with E-state index in [1.807, 2.05) is 0 Å². The molecule has 1 aromatic rings. The molecular weight excluding hydrogens is 236 g/mol. The summed E-state index contributed by atoms with van der Waals surface area (Å²) in [6.45, 7) is 0. The number of aromatic amines is 1. The van der Waals surface area contributed by atoms with Crippen molar-refractivity contribution in [3.05, 3.63) is 11.3 Å². The van der Waals surface area contributed by atoms with E-state index in [0.717, 1.165) is 41.7 Å². The average Bonchev–Trinajstić information content (AvgIpc) is 2.73. The van der Waals surface area contributed by atoms with E-state index >= 15 is 0 Å². The molecule has 1 aromatic heterocycles. The summed E-state index contributed by atoms with van der Waals surface area (Å²) in [6.07, 6.45) is 8.14. The van der Waals surface area contributed by atoms with E-state index in [9.17, 15) is 5.26 Å². The molecule has 0 saturated heterocycles. The van der Waals surface area contributed by atoms with Crippen LogP contribution < -0.4 is 5.73 Å². The number of nitrogen functional groups attached to an aromatic ring is 1. The van der Waals surface area contributed by atoms with Crippen molar-refractivity contribution in [2.75, 3.05) is 5.73 Å². The number of hydrogen-bond acceptors (Lipinski definition) is 3. The lowest BCUT2D eigenvalue weighted by atomic mass is 9.51. The minimum absolute atomic E-state index is 0.362. The zero-order valence-corrected chi connectivity index (χ0v) is 11.1. The molecule has 0 amide bonds. The van der Waals surface area contributed by atoms with Crippen LogP contribution in [0.3, 0.4) is 0 Å². The molecule has 0 radical (unpaired) electrons. The van der Waals surface area contributed by atoms with Gasteiger partial charge >= 0.3 is 0 Å². The van der Waals surface area contributed by atoms with Crippen LogP contribution in [0.5, 0.6) is 0 Å². The maximum Gasteiger partial charge on any atom is 0.163 e. The summed E-state index contributed by atoms with van der Waals surface area (Å²) in [5, 5.41) is 16.2. The van der Waals surface area contributed by atoms with E-state index in [1.165, 1.54) is 32.1 Å². The van der Waals surface area contributed by atoms with E-state index < -0.39 is 0 Å². The third-order valence-corrected chi connectivity index (χ3v) is 5.84. The average molecular weight is 256 g/mol. The third-order valence-electron chi connectivity index (χ3n) is 5.84. The predicted molar refractivity (Wildman–Crippen MR) is 72.0 cm³/mol. The highest BCUT2D eigenvalue weighted by molar-refractivity contribution is 5.51. The fraction of sp³-hybridized carbons (Fsp3) is 0.733. The van der Waals surface area contributed by atoms with Crippen LogP contribution in [-0.2, 0) is 6.42 Å². The number of nitriles is 1. The molecule has 19 heavy (non-hydrogen) atoms. The van der Waals surface area contributed by atoms with Crippen molar-refractivity contribution in [1.82, 2.24) is 10.2 Å². The highest BCUT2D eigenvalue weighted by Gasteiger charge is 2.48. The number of anilines is 1. The van der Waals surface area contributed by atoms with Crippen LogP contribution in [0.1, 0.15) is 43.4 Å². The van der Waals surface area contributed by atoms with Gasteiger partial charge in [0, 0.05) is 0 Å². The van der Waals surface area contributed by atoms with Crippen LogP contribution >= 0.6 is 0 Å². The number of H-pyrrole nitrogens is 1. The minimum Gasteiger partial charge on any atom is -0.381 e. The van der Waals surface area contributed by atoms with Crippen molar-refractivity contribution in [3.63, 3.8) is 0 Å². The summed E-state index contributed by atoms with van der Waals surface area (Å²) in [6, 6.07) is 2.20. The predicted octanol–water partition coefficient (Wildman–Crippen LogP) is 2.48. The highest BCUT2D eigenvalue weighted by atomic mass is 15.2. The Morgan fingerprint density at radius 1 is 1.16 bits per heavy atom. The van der Waals surface area contributed by atoms with Crippen molar-refractivity contribution in [2.45, 2.75) is 38.5 Å². The smallest absolute Gasteiger partial charge is 0.163 e. The molecule has 4 fully saturated rings. The van der Waals surface area contributed by atoms with E-state index in [-0.39, 0.29) is 0 Å². The van der Waals surface area contributed by atoms with Crippen LogP contribution in [0.25, 0.3) is 0 Å². The monoisotopic (exact) mass is 256 g/mol. The second-order valence-corrected chi connectivity index (χ2v) is 6.87. The van der Waals surface area contributed by atoms with Gasteiger partial charge in [0.1, 0.15) is 11.6 Å². The lowest BCUT2D eigenvalue weighted by molar-refractivity contribution is -0.0363. The van der Waals surface area contributed by atoms with Gasteiger partial charge in [-0.1, -0.05) is 0 Å². The van der Waals surface area contributed by atoms with Gasteiger partial charge in [0.15, 0.2) is 5.82 Å². The fourth-order valence-corrected chi connectivity index (χ4v) is 5.27. The maximum atomic E-state index is 9.18. The minimum atomic E-state index is 0.362. The quantitative estimate of drug-likeness (QED) is 0.853. The number of nitrogens with two attached hydrogens (primary N) is 1. The zero-order chi connectivity index (χ0) is 13.0. The Morgan fingerprint density at radius 3 is 2.37 bits per heavy atom. The Labute approximate surface area is 113 Å². The molecule has 0 atom stereocenters. The van der Waals surface area contributed by atoms with Crippen molar-refractivity contribution in [2.24, 2.45) is 29.6 Å². The first kappa shape index (κ1) is 11.3. The number of aromatic nitrogens is 2. The van der Waals surface area contributed by atoms with Crippen molar-refractivity contribution in [1.29, 1.82) is 5.26 Å². The molecule has 3 N–H and O–H groups in total. The van der Waals surface area contributed by atoms with E-state index in [2.05, 4.69) is 16.3 Å². The Hall–Kier alpha value is -1.50. The molecule has 5 rings (SSSR count). The lowest BCUT2D eigenvalue weighted by Gasteiger charge is -2.54. The van der Waals surface area contributed by atoms with Gasteiger partial charge in [0.25, 0.3) is 0 Å². The van der Waals surface area contributed by atoms with Crippen LogP contribution in [0.2, 0.25) is 0 Å². The molecule has 0 spiro atoms. The van der Waals surface area contributed by atoms with Crippen LogP contribution in [0, 0.1) is 40.9 Å². The van der Waals surface area contributed by atoms with Crippen LogP contribution in [0.4, 0.5) is 5.82 Å². The van der Waals surface area contributed by atoms with E-state index in [0.29, 0.717) is 11.4 Å². The van der Waals surface area contributed by atoms with Gasteiger partial charge in [-0.05, 0) is 68.1 Å². The second-order valence-electron chi connectivity index (χ2n) is 6.87. The second kappa shape index (κ2) is 4.00. The number of nitrogens with zero attached hydrogens (tertiary/aromatic N) is 2. The van der Waals surface area contributed by atoms with Crippen molar-refractivity contribution >= 4 is 5.82 Å². The first-order chi connectivity index (χ1) is 9.24. The molecule has 0 aliphatic heterocycles. The standard InChI is InChI=1S/C15H20N4/c16-7-13-14(18-19-15(13)17)6-12-10-2-8-1-9(4-10)5-11(12)3-8/h8-12H,1-6H2,(H3,17,18,19). The number of nitrogens with one attached hydrogen (secondary N) is 1. The van der Waals surface area contributed by atoms with Crippen molar-refractivity contribution < 1.29 is 0 Å². The third kappa shape index (κ3) is 1.68. The van der Waals surface area contributed by atoms with Gasteiger partial charge in [-0.25, -0.2) is 0 Å². The fourth-order valence-electron chi connectivity index (χ4n) is 5.27. The van der Waals surface area contributed by atoms with Gasteiger partial charge in [0.05, 0.1) is 5.69 Å². The molecule has 1 heterocycles. The first-order valence-electron chi connectivity index (χ1n) is 7.47. The van der Waals surface area contributed by atoms with Crippen molar-refractivity contribution in [3.8, 4) is 6.07 Å². The van der Waals surface area contributed by atoms with Crippen LogP contribution in [0.15, 0.2) is 0 Å². The molecule has 100 valence electrons. The van der Waals surface area contributed by atoms with Gasteiger partial charge in [-0.3, -0.25) is 5.10 Å². The molecule has 4 bridgehead atoms. The molecule has 4 aliphatic rings. The summed E-state index contributed by atoms with van der Waals surface area (Å²) < 4.78 is 0. The first-order valence-corrected chi connectivity index (χ1v) is 7.47. The van der Waals surface area contributed by atoms with Gasteiger partial charge < -0.3 is 5.73 Å².